The summed E-state index contributed by atoms with van der Waals surface area (Å²) < 4.78 is 17.2. The first-order chi connectivity index (χ1) is 24.1. The number of hydrogen-bond donors (Lipinski definition) is 1. The van der Waals surface area contributed by atoms with Gasteiger partial charge in [0.2, 0.25) is 0 Å². The van der Waals surface area contributed by atoms with E-state index in [4.69, 9.17) is 14.2 Å². The number of carboxylic acid groups (broad SMARTS) is 1. The lowest BCUT2D eigenvalue weighted by Gasteiger charge is -2.31. The molecule has 8 heteroatoms. The van der Waals surface area contributed by atoms with Gasteiger partial charge in [-0.15, -0.1) is 0 Å². The number of quaternary nitrogens is 1. The van der Waals surface area contributed by atoms with E-state index in [2.05, 4.69) is 62.5 Å². The van der Waals surface area contributed by atoms with E-state index in [-0.39, 0.29) is 36.2 Å². The number of hydrogen-bond acceptors (Lipinski definition) is 6. The largest absolute Gasteiger partial charge is 0.477 e. The molecule has 0 amide bonds. The van der Waals surface area contributed by atoms with Crippen molar-refractivity contribution in [3.05, 3.63) is 48.6 Å². The van der Waals surface area contributed by atoms with Gasteiger partial charge in [0.25, 0.3) is 0 Å². The number of aliphatic carboxylic acids is 1. The molecule has 0 heterocycles. The second-order valence-electron chi connectivity index (χ2n) is 14.2. The summed E-state index contributed by atoms with van der Waals surface area (Å²) in [6, 6.07) is -0.617. The molecule has 50 heavy (non-hydrogen) atoms. The standard InChI is InChI=1S/C42H73NO7/c1-6-8-10-12-14-16-18-19-20-21-23-25-27-29-31-33-41(45)50-38(36-48-35-34-39(42(46)47)43(3,4)5)37-49-40(44)32-30-28-26-24-22-17-15-13-11-9-7-2/h8,10,12-16,18,38-39H,6-7,9,11,17,19-37H2,1-5H3/p+1/b10-8+,14-12+,15-13+,18-16+. The number of unbranched alkanes of at least 4 members (excludes halogenated alkanes) is 14. The number of allylic oxidation sites excluding steroid dienone is 8. The molecule has 0 aromatic heterocycles. The molecule has 0 aliphatic rings. The molecule has 0 aromatic carbocycles. The zero-order valence-corrected chi connectivity index (χ0v) is 32.6. The van der Waals surface area contributed by atoms with Crippen molar-refractivity contribution in [2.75, 3.05) is 41.0 Å². The van der Waals surface area contributed by atoms with Crippen LogP contribution in [-0.2, 0) is 28.6 Å². The highest BCUT2D eigenvalue weighted by atomic mass is 16.6. The van der Waals surface area contributed by atoms with Crippen molar-refractivity contribution >= 4 is 17.9 Å². The highest BCUT2D eigenvalue weighted by molar-refractivity contribution is 5.72. The van der Waals surface area contributed by atoms with Gasteiger partial charge in [-0.3, -0.25) is 9.59 Å². The number of carboxylic acids is 1. The predicted molar refractivity (Wildman–Crippen MR) is 206 cm³/mol. The van der Waals surface area contributed by atoms with Crippen LogP contribution < -0.4 is 0 Å². The Balaban J connectivity index is 4.44. The SMILES string of the molecule is CC/C=C/C=C/C=C/CCCCCCCCCC(=O)OC(COCCC(C(=O)O)[N+](C)(C)C)COC(=O)CCCCCCC/C=C/CCCC. The number of nitrogens with zero attached hydrogens (tertiary/aromatic N) is 1. The number of carbonyl (C=O) groups is 3. The van der Waals surface area contributed by atoms with E-state index in [0.29, 0.717) is 19.3 Å². The molecule has 0 fully saturated rings. The number of rotatable bonds is 34. The third-order valence-electron chi connectivity index (χ3n) is 8.52. The van der Waals surface area contributed by atoms with Gasteiger partial charge in [0, 0.05) is 19.3 Å². The van der Waals surface area contributed by atoms with Crippen LogP contribution in [0.5, 0.6) is 0 Å². The molecule has 288 valence electrons. The molecule has 2 unspecified atom stereocenters. The minimum absolute atomic E-state index is 0.0524. The molecular weight excluding hydrogens is 630 g/mol. The third kappa shape index (κ3) is 31.3. The first-order valence-electron chi connectivity index (χ1n) is 19.7. The number of likely N-dealkylation sites (N-methyl/N-ethyl adjacent to an activating group) is 1. The Bertz CT molecular complexity index is 964. The summed E-state index contributed by atoms with van der Waals surface area (Å²) in [5.74, 6) is -1.50. The van der Waals surface area contributed by atoms with Crippen LogP contribution >= 0.6 is 0 Å². The summed E-state index contributed by atoms with van der Waals surface area (Å²) >= 11 is 0. The van der Waals surface area contributed by atoms with Gasteiger partial charge in [0.15, 0.2) is 12.1 Å². The maximum absolute atomic E-state index is 12.7. The van der Waals surface area contributed by atoms with Crippen molar-refractivity contribution < 1.29 is 38.2 Å². The van der Waals surface area contributed by atoms with Crippen LogP contribution in [0, 0.1) is 0 Å². The van der Waals surface area contributed by atoms with Gasteiger partial charge in [-0.1, -0.05) is 127 Å². The molecular formula is C42H74NO7+. The van der Waals surface area contributed by atoms with Crippen molar-refractivity contribution in [2.24, 2.45) is 0 Å². The van der Waals surface area contributed by atoms with Crippen molar-refractivity contribution in [1.29, 1.82) is 0 Å². The van der Waals surface area contributed by atoms with E-state index in [9.17, 15) is 19.5 Å². The Morgan fingerprint density at radius 2 is 1.14 bits per heavy atom. The van der Waals surface area contributed by atoms with E-state index < -0.39 is 18.1 Å². The van der Waals surface area contributed by atoms with Gasteiger partial charge >= 0.3 is 17.9 Å². The zero-order chi connectivity index (χ0) is 37.1. The highest BCUT2D eigenvalue weighted by Crippen LogP contribution is 2.13. The molecule has 2 atom stereocenters. The molecule has 1 N–H and O–H groups in total. The number of ether oxygens (including phenoxy) is 3. The van der Waals surface area contributed by atoms with Crippen molar-refractivity contribution in [2.45, 2.75) is 161 Å². The van der Waals surface area contributed by atoms with Gasteiger partial charge in [-0.2, -0.15) is 0 Å². The van der Waals surface area contributed by atoms with Crippen LogP contribution in [0.2, 0.25) is 0 Å². The fraction of sp³-hybridized carbons (Fsp3) is 0.738. The minimum atomic E-state index is -0.881. The lowest BCUT2D eigenvalue weighted by molar-refractivity contribution is -0.887. The average molecular weight is 705 g/mol. The Labute approximate surface area is 306 Å². The summed E-state index contributed by atoms with van der Waals surface area (Å²) in [4.78, 5) is 36.8. The van der Waals surface area contributed by atoms with E-state index in [1.807, 2.05) is 21.1 Å². The molecule has 0 aromatic rings. The molecule has 0 aliphatic heterocycles. The van der Waals surface area contributed by atoms with Crippen LogP contribution in [0.15, 0.2) is 48.6 Å². The van der Waals surface area contributed by atoms with Gasteiger partial charge < -0.3 is 23.8 Å². The van der Waals surface area contributed by atoms with Crippen molar-refractivity contribution in [3.63, 3.8) is 0 Å². The van der Waals surface area contributed by atoms with Gasteiger partial charge in [0.1, 0.15) is 6.61 Å². The van der Waals surface area contributed by atoms with Crippen LogP contribution in [-0.4, -0.2) is 80.6 Å². The maximum atomic E-state index is 12.7. The topological polar surface area (TPSA) is 99.1 Å². The molecule has 0 saturated heterocycles. The number of esters is 2. The molecule has 0 radical (unpaired) electrons. The molecule has 8 nitrogen and oxygen atoms in total. The fourth-order valence-electron chi connectivity index (χ4n) is 5.42. The Kier molecular flexibility index (Phi) is 31.6. The maximum Gasteiger partial charge on any atom is 0.362 e. The van der Waals surface area contributed by atoms with Crippen LogP contribution in [0.4, 0.5) is 0 Å². The van der Waals surface area contributed by atoms with E-state index >= 15 is 0 Å². The quantitative estimate of drug-likeness (QED) is 0.0234. The van der Waals surface area contributed by atoms with Crippen molar-refractivity contribution in [3.8, 4) is 0 Å². The first-order valence-corrected chi connectivity index (χ1v) is 19.7. The number of carbonyl (C=O) groups excluding carboxylic acids is 2. The highest BCUT2D eigenvalue weighted by Gasteiger charge is 2.31. The normalized spacial score (nSPS) is 13.5. The summed E-state index contributed by atoms with van der Waals surface area (Å²) in [6.45, 7) is 4.53. The van der Waals surface area contributed by atoms with Gasteiger partial charge in [0.05, 0.1) is 34.4 Å². The molecule has 0 rings (SSSR count). The monoisotopic (exact) mass is 705 g/mol. The minimum Gasteiger partial charge on any atom is -0.477 e. The van der Waals surface area contributed by atoms with Crippen LogP contribution in [0.1, 0.15) is 149 Å². The molecule has 0 spiro atoms. The Morgan fingerprint density at radius 1 is 0.620 bits per heavy atom. The van der Waals surface area contributed by atoms with Crippen LogP contribution in [0.3, 0.4) is 0 Å². The smallest absolute Gasteiger partial charge is 0.362 e. The first kappa shape index (κ1) is 47.3. The molecule has 0 saturated carbocycles. The average Bonchev–Trinajstić information content (AvgIpc) is 3.06. The summed E-state index contributed by atoms with van der Waals surface area (Å²) in [7, 11) is 5.51. The predicted octanol–water partition coefficient (Wildman–Crippen LogP) is 10.1. The van der Waals surface area contributed by atoms with Gasteiger partial charge in [-0.05, 0) is 51.4 Å². The second kappa shape index (κ2) is 33.4. The molecule has 0 bridgehead atoms. The summed E-state index contributed by atoms with van der Waals surface area (Å²) in [6.07, 6.45) is 37.2. The van der Waals surface area contributed by atoms with E-state index in [1.165, 1.54) is 44.9 Å². The van der Waals surface area contributed by atoms with Gasteiger partial charge in [-0.25, -0.2) is 4.79 Å². The lowest BCUT2D eigenvalue weighted by Crippen LogP contribution is -2.50. The zero-order valence-electron chi connectivity index (χ0n) is 32.6. The molecule has 0 aliphatic carbocycles. The lowest BCUT2D eigenvalue weighted by atomic mass is 10.1. The second-order valence-corrected chi connectivity index (χ2v) is 14.2. The van der Waals surface area contributed by atoms with Crippen molar-refractivity contribution in [1.82, 2.24) is 0 Å². The summed E-state index contributed by atoms with van der Waals surface area (Å²) in [5.41, 5.74) is 0. The van der Waals surface area contributed by atoms with E-state index in [1.54, 1.807) is 0 Å². The van der Waals surface area contributed by atoms with E-state index in [0.717, 1.165) is 70.6 Å². The fourth-order valence-corrected chi connectivity index (χ4v) is 5.42. The Hall–Kier alpha value is -2.71. The third-order valence-corrected chi connectivity index (χ3v) is 8.52. The summed E-state index contributed by atoms with van der Waals surface area (Å²) in [5, 5.41) is 9.58. The Morgan fingerprint density at radius 3 is 1.70 bits per heavy atom. The van der Waals surface area contributed by atoms with Crippen LogP contribution in [0.25, 0.3) is 0 Å².